The van der Waals surface area contributed by atoms with Gasteiger partial charge in [0.05, 0.1) is 19.8 Å². The van der Waals surface area contributed by atoms with Gasteiger partial charge in [0.25, 0.3) is 0 Å². The molecule has 1 aromatic carbocycles. The molecule has 0 heterocycles. The van der Waals surface area contributed by atoms with Crippen molar-refractivity contribution in [2.24, 2.45) is 0 Å². The quantitative estimate of drug-likeness (QED) is 0.459. The molecule has 5 heteroatoms. The van der Waals surface area contributed by atoms with Crippen molar-refractivity contribution < 1.29 is 9.84 Å². The van der Waals surface area contributed by atoms with E-state index in [4.69, 9.17) is 27.2 Å². The summed E-state index contributed by atoms with van der Waals surface area (Å²) >= 11 is 7.44. The van der Waals surface area contributed by atoms with E-state index < -0.39 is 0 Å². The number of thioether (sulfide) groups is 1. The molecule has 15 heavy (non-hydrogen) atoms. The molecule has 1 aromatic rings. The number of rotatable bonds is 6. The number of hydrogen-bond acceptors (Lipinski definition) is 4. The smallest absolute Gasteiger partial charge is 0.0698 e. The molecule has 1 rings (SSSR count). The molecule has 0 bridgehead atoms. The lowest BCUT2D eigenvalue weighted by molar-refractivity contribution is 0.103. The molecule has 0 amide bonds. The number of nitrogens with two attached hydrogens (primary N) is 1. The Bertz CT molecular complexity index is 309. The van der Waals surface area contributed by atoms with Crippen LogP contribution in [0, 0.1) is 0 Å². The lowest BCUT2D eigenvalue weighted by Gasteiger charge is -2.06. The Morgan fingerprint density at radius 3 is 2.93 bits per heavy atom. The molecule has 0 fully saturated rings. The lowest BCUT2D eigenvalue weighted by atomic mass is 10.3. The summed E-state index contributed by atoms with van der Waals surface area (Å²) in [6.45, 7) is 1.03. The van der Waals surface area contributed by atoms with Crippen LogP contribution < -0.4 is 5.73 Å². The highest BCUT2D eigenvalue weighted by Gasteiger charge is 2.00. The second-order valence-corrected chi connectivity index (χ2v) is 4.44. The third-order valence-electron chi connectivity index (χ3n) is 1.70. The number of halogens is 1. The first kappa shape index (κ1) is 12.6. The van der Waals surface area contributed by atoms with Crippen LogP contribution in [0.2, 0.25) is 5.02 Å². The van der Waals surface area contributed by atoms with E-state index in [0.29, 0.717) is 18.2 Å². The summed E-state index contributed by atoms with van der Waals surface area (Å²) in [6.07, 6.45) is 0. The van der Waals surface area contributed by atoms with E-state index in [2.05, 4.69) is 0 Å². The third-order valence-corrected chi connectivity index (χ3v) is 2.97. The maximum atomic E-state index is 8.49. The van der Waals surface area contributed by atoms with Crippen molar-refractivity contribution in [1.29, 1.82) is 0 Å². The van der Waals surface area contributed by atoms with Gasteiger partial charge < -0.3 is 15.6 Å². The van der Waals surface area contributed by atoms with Gasteiger partial charge in [0, 0.05) is 21.4 Å². The maximum absolute atomic E-state index is 8.49. The first-order chi connectivity index (χ1) is 7.24. The second kappa shape index (κ2) is 6.95. The number of aliphatic hydroxyl groups excluding tert-OH is 1. The molecule has 84 valence electrons. The molecule has 0 saturated carbocycles. The molecular formula is C10H14ClNO2S. The van der Waals surface area contributed by atoms with Crippen LogP contribution in [-0.4, -0.2) is 30.7 Å². The van der Waals surface area contributed by atoms with Crippen LogP contribution in [0.3, 0.4) is 0 Å². The topological polar surface area (TPSA) is 55.5 Å². The normalized spacial score (nSPS) is 10.5. The summed E-state index contributed by atoms with van der Waals surface area (Å²) in [5.41, 5.74) is 6.50. The molecule has 0 radical (unpaired) electrons. The minimum atomic E-state index is 0.0595. The van der Waals surface area contributed by atoms with E-state index >= 15 is 0 Å². The first-order valence-electron chi connectivity index (χ1n) is 4.60. The summed E-state index contributed by atoms with van der Waals surface area (Å²) in [5.74, 6) is 0.796. The van der Waals surface area contributed by atoms with Crippen molar-refractivity contribution in [2.45, 2.75) is 4.90 Å². The summed E-state index contributed by atoms with van der Waals surface area (Å²) in [6, 6.07) is 5.40. The van der Waals surface area contributed by atoms with Crippen LogP contribution >= 0.6 is 23.4 Å². The Morgan fingerprint density at radius 1 is 1.40 bits per heavy atom. The standard InChI is InChI=1S/C10H14ClNO2S/c11-8-1-2-9(12)10(7-8)15-6-5-14-4-3-13/h1-2,7,13H,3-6,12H2. The van der Waals surface area contributed by atoms with Crippen LogP contribution in [0.25, 0.3) is 0 Å². The van der Waals surface area contributed by atoms with Crippen molar-refractivity contribution in [2.75, 3.05) is 31.3 Å². The molecule has 3 nitrogen and oxygen atoms in total. The predicted octanol–water partition coefficient (Wildman–Crippen LogP) is 2.02. The second-order valence-electron chi connectivity index (χ2n) is 2.87. The zero-order valence-electron chi connectivity index (χ0n) is 8.28. The van der Waals surface area contributed by atoms with Crippen molar-refractivity contribution in [3.05, 3.63) is 23.2 Å². The molecule has 0 aliphatic heterocycles. The Balaban J connectivity index is 2.33. The van der Waals surface area contributed by atoms with Gasteiger partial charge in [-0.2, -0.15) is 0 Å². The number of nitrogen functional groups attached to an aromatic ring is 1. The van der Waals surface area contributed by atoms with Gasteiger partial charge in [-0.05, 0) is 18.2 Å². The molecule has 0 spiro atoms. The fourth-order valence-corrected chi connectivity index (χ4v) is 2.11. The summed E-state index contributed by atoms with van der Waals surface area (Å²) in [7, 11) is 0. The zero-order chi connectivity index (χ0) is 11.1. The highest BCUT2D eigenvalue weighted by atomic mass is 35.5. The minimum absolute atomic E-state index is 0.0595. The van der Waals surface area contributed by atoms with Crippen LogP contribution in [0.15, 0.2) is 23.1 Å². The van der Waals surface area contributed by atoms with Crippen LogP contribution in [0.4, 0.5) is 5.69 Å². The van der Waals surface area contributed by atoms with Crippen LogP contribution in [-0.2, 0) is 4.74 Å². The molecular weight excluding hydrogens is 234 g/mol. The Hall–Kier alpha value is -0.420. The predicted molar refractivity (Wildman–Crippen MR) is 64.5 cm³/mol. The average molecular weight is 248 g/mol. The fourth-order valence-electron chi connectivity index (χ4n) is 1.01. The number of anilines is 1. The number of ether oxygens (including phenoxy) is 1. The Labute approximate surface area is 98.6 Å². The maximum Gasteiger partial charge on any atom is 0.0698 e. The zero-order valence-corrected chi connectivity index (χ0v) is 9.85. The van der Waals surface area contributed by atoms with E-state index in [0.717, 1.165) is 16.3 Å². The lowest BCUT2D eigenvalue weighted by Crippen LogP contribution is -2.02. The molecule has 0 aliphatic rings. The monoisotopic (exact) mass is 247 g/mol. The van der Waals surface area contributed by atoms with E-state index in [9.17, 15) is 0 Å². The fraction of sp³-hybridized carbons (Fsp3) is 0.400. The highest BCUT2D eigenvalue weighted by Crippen LogP contribution is 2.27. The Morgan fingerprint density at radius 2 is 2.20 bits per heavy atom. The molecule has 0 aliphatic carbocycles. The highest BCUT2D eigenvalue weighted by molar-refractivity contribution is 7.99. The molecule has 0 saturated heterocycles. The van der Waals surface area contributed by atoms with Gasteiger partial charge in [-0.15, -0.1) is 11.8 Å². The van der Waals surface area contributed by atoms with E-state index in [-0.39, 0.29) is 6.61 Å². The van der Waals surface area contributed by atoms with Gasteiger partial charge in [-0.25, -0.2) is 0 Å². The van der Waals surface area contributed by atoms with Crippen LogP contribution in [0.1, 0.15) is 0 Å². The molecule has 0 atom stereocenters. The third kappa shape index (κ3) is 4.75. The SMILES string of the molecule is Nc1ccc(Cl)cc1SCCOCCO. The van der Waals surface area contributed by atoms with Gasteiger partial charge >= 0.3 is 0 Å². The van der Waals surface area contributed by atoms with E-state index in [1.807, 2.05) is 6.07 Å². The summed E-state index contributed by atoms with van der Waals surface area (Å²) < 4.78 is 5.13. The van der Waals surface area contributed by atoms with Gasteiger partial charge in [0.1, 0.15) is 0 Å². The summed E-state index contributed by atoms with van der Waals surface area (Å²) in [5, 5.41) is 9.18. The van der Waals surface area contributed by atoms with Gasteiger partial charge in [0.15, 0.2) is 0 Å². The van der Waals surface area contributed by atoms with Crippen molar-refractivity contribution in [1.82, 2.24) is 0 Å². The Kier molecular flexibility index (Phi) is 5.86. The van der Waals surface area contributed by atoms with Crippen molar-refractivity contribution in [3.63, 3.8) is 0 Å². The van der Waals surface area contributed by atoms with Gasteiger partial charge in [-0.1, -0.05) is 11.6 Å². The van der Waals surface area contributed by atoms with Gasteiger partial charge in [0.2, 0.25) is 0 Å². The van der Waals surface area contributed by atoms with Crippen molar-refractivity contribution in [3.8, 4) is 0 Å². The summed E-state index contributed by atoms with van der Waals surface area (Å²) in [4.78, 5) is 0.968. The average Bonchev–Trinajstić information content (AvgIpc) is 2.23. The molecule has 0 aromatic heterocycles. The molecule has 3 N–H and O–H groups in total. The number of benzene rings is 1. The number of hydrogen-bond donors (Lipinski definition) is 2. The van der Waals surface area contributed by atoms with Crippen molar-refractivity contribution >= 4 is 29.1 Å². The number of aliphatic hydroxyl groups is 1. The van der Waals surface area contributed by atoms with E-state index in [1.165, 1.54) is 0 Å². The minimum Gasteiger partial charge on any atom is -0.398 e. The van der Waals surface area contributed by atoms with E-state index in [1.54, 1.807) is 23.9 Å². The largest absolute Gasteiger partial charge is 0.398 e. The van der Waals surface area contributed by atoms with Crippen LogP contribution in [0.5, 0.6) is 0 Å². The molecule has 0 unspecified atom stereocenters. The first-order valence-corrected chi connectivity index (χ1v) is 5.97. The van der Waals surface area contributed by atoms with Gasteiger partial charge in [-0.3, -0.25) is 0 Å².